The minimum Gasteiger partial charge on any atom is -0.393 e. The molecule has 0 aromatic rings. The molecule has 4 heteroatoms. The Bertz CT molecular complexity index is 184. The fraction of sp³-hybridized carbons (Fsp3) is 1.00. The highest BCUT2D eigenvalue weighted by atomic mass is 16.6. The van der Waals surface area contributed by atoms with Crippen LogP contribution in [0.1, 0.15) is 71.1 Å². The lowest BCUT2D eigenvalue weighted by Crippen LogP contribution is -2.07. The number of ether oxygens (including phenoxy) is 1. The first-order valence-corrected chi connectivity index (χ1v) is 7.70. The molecule has 0 bridgehead atoms. The van der Waals surface area contributed by atoms with Crippen LogP contribution in [0.4, 0.5) is 0 Å². The molecule has 1 aliphatic rings. The van der Waals surface area contributed by atoms with Gasteiger partial charge in [-0.15, -0.1) is 0 Å². The van der Waals surface area contributed by atoms with Gasteiger partial charge in [-0.3, -0.25) is 0 Å². The lowest BCUT2D eigenvalue weighted by atomic mass is 10.1. The summed E-state index contributed by atoms with van der Waals surface area (Å²) in [6.07, 6.45) is 10.4. The topological polar surface area (TPSA) is 75.7 Å². The largest absolute Gasteiger partial charge is 0.393 e. The third kappa shape index (κ3) is 17.8. The number of aliphatic hydroxyl groups excluding tert-OH is 2. The van der Waals surface area contributed by atoms with Gasteiger partial charge in [0.05, 0.1) is 6.10 Å². The van der Waals surface area contributed by atoms with Crippen molar-refractivity contribution in [1.29, 1.82) is 0 Å². The van der Waals surface area contributed by atoms with Crippen LogP contribution in [-0.4, -0.2) is 35.8 Å². The van der Waals surface area contributed by atoms with E-state index in [4.69, 9.17) is 20.7 Å². The number of hydrogen-bond acceptors (Lipinski definition) is 4. The maximum atomic E-state index is 9.11. The Labute approximate surface area is 118 Å². The van der Waals surface area contributed by atoms with Crippen LogP contribution >= 0.6 is 0 Å². The van der Waals surface area contributed by atoms with Crippen molar-refractivity contribution in [1.82, 2.24) is 0 Å². The molecule has 19 heavy (non-hydrogen) atoms. The summed E-state index contributed by atoms with van der Waals surface area (Å²) in [5.74, 6) is 0. The van der Waals surface area contributed by atoms with Gasteiger partial charge in [-0.2, -0.15) is 0 Å². The smallest absolute Gasteiger partial charge is 0.154 e. The van der Waals surface area contributed by atoms with Crippen LogP contribution in [0.25, 0.3) is 0 Å². The number of unbranched alkanes of at least 4 members (excludes halogenated alkanes) is 5. The summed E-state index contributed by atoms with van der Waals surface area (Å²) in [7, 11) is 1.53. The van der Waals surface area contributed by atoms with Gasteiger partial charge in [-0.05, 0) is 39.0 Å². The molecule has 0 heterocycles. The molecule has 116 valence electrons. The zero-order chi connectivity index (χ0) is 14.5. The number of methoxy groups -OCH3 is 1. The van der Waals surface area contributed by atoms with E-state index in [2.05, 4.69) is 0 Å². The van der Waals surface area contributed by atoms with Gasteiger partial charge < -0.3 is 20.7 Å². The average molecular weight is 275 g/mol. The van der Waals surface area contributed by atoms with Crippen LogP contribution in [-0.2, 0) is 4.74 Å². The first-order valence-electron chi connectivity index (χ1n) is 7.70. The lowest BCUT2D eigenvalue weighted by molar-refractivity contribution is -0.0793. The Balaban J connectivity index is 0.000000678. The SMILES string of the molecule is COC(O)CCCCCCCCC(C)O.NC1CC1. The molecule has 4 N–H and O–H groups in total. The number of hydrogen-bond donors (Lipinski definition) is 3. The molecule has 4 nitrogen and oxygen atoms in total. The summed E-state index contributed by atoms with van der Waals surface area (Å²) in [6.45, 7) is 1.84. The van der Waals surface area contributed by atoms with Gasteiger partial charge >= 0.3 is 0 Å². The van der Waals surface area contributed by atoms with Crippen LogP contribution in [0.15, 0.2) is 0 Å². The molecule has 1 aliphatic carbocycles. The number of rotatable bonds is 10. The quantitative estimate of drug-likeness (QED) is 0.423. The average Bonchev–Trinajstić information content (AvgIpc) is 3.15. The van der Waals surface area contributed by atoms with E-state index in [1.807, 2.05) is 6.92 Å². The molecule has 2 unspecified atom stereocenters. The third-order valence-corrected chi connectivity index (χ3v) is 3.22. The molecule has 0 amide bonds. The van der Waals surface area contributed by atoms with Crippen molar-refractivity contribution < 1.29 is 14.9 Å². The van der Waals surface area contributed by atoms with Crippen molar-refractivity contribution in [3.05, 3.63) is 0 Å². The standard InChI is InChI=1S/C12H26O3.C3H7N/c1-11(13)9-7-5-3-4-6-8-10-12(14)15-2;4-3-1-2-3/h11-14H,3-10H2,1-2H3;3H,1-2,4H2. The molecule has 0 aromatic heterocycles. The Morgan fingerprint density at radius 2 is 1.42 bits per heavy atom. The van der Waals surface area contributed by atoms with Gasteiger partial charge in [0.1, 0.15) is 0 Å². The predicted octanol–water partition coefficient (Wildman–Crippen LogP) is 2.56. The normalized spacial score (nSPS) is 17.5. The molecule has 1 rings (SSSR count). The molecule has 1 saturated carbocycles. The van der Waals surface area contributed by atoms with Gasteiger partial charge in [0.15, 0.2) is 6.29 Å². The molecule has 0 aromatic carbocycles. The highest BCUT2D eigenvalue weighted by Crippen LogP contribution is 2.14. The fourth-order valence-electron chi connectivity index (χ4n) is 1.68. The van der Waals surface area contributed by atoms with Crippen molar-refractivity contribution >= 4 is 0 Å². The monoisotopic (exact) mass is 275 g/mol. The van der Waals surface area contributed by atoms with E-state index in [1.165, 1.54) is 39.2 Å². The molecule has 0 saturated heterocycles. The summed E-state index contributed by atoms with van der Waals surface area (Å²) < 4.78 is 4.75. The van der Waals surface area contributed by atoms with E-state index in [0.717, 1.165) is 32.1 Å². The lowest BCUT2D eigenvalue weighted by Gasteiger charge is -2.07. The molecule has 0 aliphatic heterocycles. The second-order valence-electron chi connectivity index (χ2n) is 5.58. The van der Waals surface area contributed by atoms with Crippen LogP contribution in [0.3, 0.4) is 0 Å². The highest BCUT2D eigenvalue weighted by Gasteiger charge is 2.13. The van der Waals surface area contributed by atoms with E-state index in [-0.39, 0.29) is 6.10 Å². The van der Waals surface area contributed by atoms with Crippen LogP contribution in [0.5, 0.6) is 0 Å². The summed E-state index contributed by atoms with van der Waals surface area (Å²) in [5, 5.41) is 18.1. The Kier molecular flexibility index (Phi) is 12.7. The summed E-state index contributed by atoms with van der Waals surface area (Å²) >= 11 is 0. The van der Waals surface area contributed by atoms with E-state index in [9.17, 15) is 0 Å². The fourth-order valence-corrected chi connectivity index (χ4v) is 1.68. The molecule has 0 spiro atoms. The molecule has 2 atom stereocenters. The van der Waals surface area contributed by atoms with E-state index in [0.29, 0.717) is 6.04 Å². The summed E-state index contributed by atoms with van der Waals surface area (Å²) in [6, 6.07) is 0.583. The predicted molar refractivity (Wildman–Crippen MR) is 78.8 cm³/mol. The minimum absolute atomic E-state index is 0.151. The van der Waals surface area contributed by atoms with Crippen molar-refractivity contribution in [2.24, 2.45) is 5.73 Å². The van der Waals surface area contributed by atoms with Crippen LogP contribution in [0, 0.1) is 0 Å². The van der Waals surface area contributed by atoms with Crippen LogP contribution in [0.2, 0.25) is 0 Å². The molecular formula is C15H33NO3. The third-order valence-electron chi connectivity index (χ3n) is 3.22. The van der Waals surface area contributed by atoms with Gasteiger partial charge in [0.25, 0.3) is 0 Å². The second kappa shape index (κ2) is 12.9. The number of aliphatic hydroxyl groups is 2. The van der Waals surface area contributed by atoms with Gasteiger partial charge in [0, 0.05) is 13.2 Å². The van der Waals surface area contributed by atoms with Gasteiger partial charge in [-0.1, -0.05) is 32.1 Å². The van der Waals surface area contributed by atoms with Crippen molar-refractivity contribution in [2.45, 2.75) is 89.6 Å². The van der Waals surface area contributed by atoms with Crippen molar-refractivity contribution in [3.8, 4) is 0 Å². The van der Waals surface area contributed by atoms with E-state index in [1.54, 1.807) is 0 Å². The van der Waals surface area contributed by atoms with E-state index >= 15 is 0 Å². The number of nitrogens with two attached hydrogens (primary N) is 1. The first kappa shape index (κ1) is 18.8. The summed E-state index contributed by atoms with van der Waals surface area (Å²) in [5.41, 5.74) is 5.22. The Morgan fingerprint density at radius 1 is 1.00 bits per heavy atom. The van der Waals surface area contributed by atoms with Crippen molar-refractivity contribution in [2.75, 3.05) is 7.11 Å². The Hall–Kier alpha value is -0.160. The second-order valence-corrected chi connectivity index (χ2v) is 5.58. The van der Waals surface area contributed by atoms with Crippen molar-refractivity contribution in [3.63, 3.8) is 0 Å². The first-order chi connectivity index (χ1) is 9.06. The van der Waals surface area contributed by atoms with Gasteiger partial charge in [-0.25, -0.2) is 0 Å². The maximum Gasteiger partial charge on any atom is 0.154 e. The maximum absolute atomic E-state index is 9.11. The molecule has 0 radical (unpaired) electrons. The highest BCUT2D eigenvalue weighted by molar-refractivity contribution is 4.75. The molecule has 1 fully saturated rings. The summed E-state index contributed by atoms with van der Waals surface area (Å²) in [4.78, 5) is 0. The zero-order valence-electron chi connectivity index (χ0n) is 12.7. The van der Waals surface area contributed by atoms with Crippen LogP contribution < -0.4 is 5.73 Å². The Morgan fingerprint density at radius 3 is 1.79 bits per heavy atom. The molecular weight excluding hydrogens is 242 g/mol. The van der Waals surface area contributed by atoms with Gasteiger partial charge in [0.2, 0.25) is 0 Å². The zero-order valence-corrected chi connectivity index (χ0v) is 12.7. The minimum atomic E-state index is -0.583. The van der Waals surface area contributed by atoms with E-state index < -0.39 is 6.29 Å².